The van der Waals surface area contributed by atoms with E-state index >= 15 is 0 Å². The van der Waals surface area contributed by atoms with Gasteiger partial charge in [0.25, 0.3) is 0 Å². The third-order valence-electron chi connectivity index (χ3n) is 2.97. The highest BCUT2D eigenvalue weighted by Gasteiger charge is 2.32. The van der Waals surface area contributed by atoms with Crippen molar-refractivity contribution in [3.8, 4) is 0 Å². The molecule has 4 nitrogen and oxygen atoms in total. The Morgan fingerprint density at radius 1 is 1.47 bits per heavy atom. The van der Waals surface area contributed by atoms with Gasteiger partial charge in [0.1, 0.15) is 0 Å². The lowest BCUT2D eigenvalue weighted by molar-refractivity contribution is -0.136. The van der Waals surface area contributed by atoms with Gasteiger partial charge in [0.05, 0.1) is 6.04 Å². The zero-order chi connectivity index (χ0) is 11.6. The second-order valence-electron chi connectivity index (χ2n) is 5.53. The standard InChI is InChI=1S/C11H23N3O/c1-11(2,3)9(13)10(15)14-6-4-5-8(12)7-14/h8-9H,4-7,12-13H2,1-3H3/t8-,9-/m1/s1. The van der Waals surface area contributed by atoms with Gasteiger partial charge in [-0.15, -0.1) is 0 Å². The van der Waals surface area contributed by atoms with Crippen LogP contribution in [0.4, 0.5) is 0 Å². The van der Waals surface area contributed by atoms with Crippen molar-refractivity contribution >= 4 is 5.91 Å². The van der Waals surface area contributed by atoms with Crippen LogP contribution in [0.1, 0.15) is 33.6 Å². The van der Waals surface area contributed by atoms with Crippen molar-refractivity contribution in [2.24, 2.45) is 16.9 Å². The van der Waals surface area contributed by atoms with Gasteiger partial charge in [-0.2, -0.15) is 0 Å². The summed E-state index contributed by atoms with van der Waals surface area (Å²) in [6.07, 6.45) is 2.00. The van der Waals surface area contributed by atoms with Crippen LogP contribution in [0.15, 0.2) is 0 Å². The van der Waals surface area contributed by atoms with Crippen molar-refractivity contribution in [2.45, 2.75) is 45.7 Å². The zero-order valence-corrected chi connectivity index (χ0v) is 9.99. The first-order valence-corrected chi connectivity index (χ1v) is 5.62. The van der Waals surface area contributed by atoms with Crippen LogP contribution in [-0.2, 0) is 4.79 Å². The van der Waals surface area contributed by atoms with Gasteiger partial charge in [-0.1, -0.05) is 20.8 Å². The molecule has 1 saturated heterocycles. The summed E-state index contributed by atoms with van der Waals surface area (Å²) in [7, 11) is 0. The predicted octanol–water partition coefficient (Wildman–Crippen LogP) is 0.310. The quantitative estimate of drug-likeness (QED) is 0.658. The number of amides is 1. The molecular formula is C11H23N3O. The summed E-state index contributed by atoms with van der Waals surface area (Å²) in [5.74, 6) is 0.0395. The molecule has 0 aliphatic carbocycles. The topological polar surface area (TPSA) is 72.4 Å². The average molecular weight is 213 g/mol. The van der Waals surface area contributed by atoms with Gasteiger partial charge in [0.2, 0.25) is 5.91 Å². The summed E-state index contributed by atoms with van der Waals surface area (Å²) in [5.41, 5.74) is 11.6. The first-order chi connectivity index (χ1) is 6.82. The number of hydrogen-bond acceptors (Lipinski definition) is 3. The lowest BCUT2D eigenvalue weighted by atomic mass is 9.86. The van der Waals surface area contributed by atoms with E-state index in [4.69, 9.17) is 11.5 Å². The van der Waals surface area contributed by atoms with Crippen LogP contribution in [-0.4, -0.2) is 36.0 Å². The molecular weight excluding hydrogens is 190 g/mol. The highest BCUT2D eigenvalue weighted by atomic mass is 16.2. The summed E-state index contributed by atoms with van der Waals surface area (Å²) in [5, 5.41) is 0. The Morgan fingerprint density at radius 3 is 2.53 bits per heavy atom. The molecule has 1 rings (SSSR count). The normalized spacial score (nSPS) is 25.1. The number of hydrogen-bond donors (Lipinski definition) is 2. The number of nitrogens with two attached hydrogens (primary N) is 2. The summed E-state index contributed by atoms with van der Waals surface area (Å²) in [4.78, 5) is 13.8. The number of carbonyl (C=O) groups excluding carboxylic acids is 1. The highest BCUT2D eigenvalue weighted by molar-refractivity contribution is 5.82. The number of piperidine rings is 1. The van der Waals surface area contributed by atoms with E-state index in [0.717, 1.165) is 19.4 Å². The smallest absolute Gasteiger partial charge is 0.240 e. The zero-order valence-electron chi connectivity index (χ0n) is 9.99. The van der Waals surface area contributed by atoms with Crippen molar-refractivity contribution in [3.63, 3.8) is 0 Å². The molecule has 1 aliphatic heterocycles. The Bertz CT molecular complexity index is 234. The fourth-order valence-electron chi connectivity index (χ4n) is 1.78. The molecule has 4 heteroatoms. The molecule has 0 unspecified atom stereocenters. The van der Waals surface area contributed by atoms with E-state index in [1.54, 1.807) is 0 Å². The van der Waals surface area contributed by atoms with Gasteiger partial charge < -0.3 is 16.4 Å². The molecule has 1 fully saturated rings. The molecule has 2 atom stereocenters. The van der Waals surface area contributed by atoms with Crippen LogP contribution in [0.2, 0.25) is 0 Å². The minimum absolute atomic E-state index is 0.0395. The van der Waals surface area contributed by atoms with Crippen LogP contribution in [0.25, 0.3) is 0 Å². The summed E-state index contributed by atoms with van der Waals surface area (Å²) >= 11 is 0. The largest absolute Gasteiger partial charge is 0.340 e. The van der Waals surface area contributed by atoms with Gasteiger partial charge in [-0.25, -0.2) is 0 Å². The molecule has 1 heterocycles. The van der Waals surface area contributed by atoms with Crippen molar-refractivity contribution in [3.05, 3.63) is 0 Å². The Hall–Kier alpha value is -0.610. The van der Waals surface area contributed by atoms with Crippen molar-refractivity contribution < 1.29 is 4.79 Å². The van der Waals surface area contributed by atoms with Gasteiger partial charge in [0.15, 0.2) is 0 Å². The minimum atomic E-state index is -0.428. The van der Waals surface area contributed by atoms with Gasteiger partial charge in [-0.05, 0) is 18.3 Å². The number of carbonyl (C=O) groups is 1. The van der Waals surface area contributed by atoms with E-state index < -0.39 is 6.04 Å². The first-order valence-electron chi connectivity index (χ1n) is 5.62. The van der Waals surface area contributed by atoms with E-state index in [9.17, 15) is 4.79 Å². The van der Waals surface area contributed by atoms with E-state index in [1.807, 2.05) is 25.7 Å². The minimum Gasteiger partial charge on any atom is -0.340 e. The predicted molar refractivity (Wildman–Crippen MR) is 61.2 cm³/mol. The van der Waals surface area contributed by atoms with E-state index in [2.05, 4.69) is 0 Å². The summed E-state index contributed by atoms with van der Waals surface area (Å²) < 4.78 is 0. The SMILES string of the molecule is CC(C)(C)[C@H](N)C(=O)N1CCC[C@@H](N)C1. The highest BCUT2D eigenvalue weighted by Crippen LogP contribution is 2.20. The van der Waals surface area contributed by atoms with Gasteiger partial charge in [0, 0.05) is 19.1 Å². The molecule has 15 heavy (non-hydrogen) atoms. The lowest BCUT2D eigenvalue weighted by Gasteiger charge is -2.36. The van der Waals surface area contributed by atoms with Crippen LogP contribution in [0, 0.1) is 5.41 Å². The Kier molecular flexibility index (Phi) is 3.73. The molecule has 0 aromatic rings. The Balaban J connectivity index is 2.60. The second kappa shape index (κ2) is 4.49. The van der Waals surface area contributed by atoms with E-state index in [0.29, 0.717) is 6.54 Å². The molecule has 4 N–H and O–H groups in total. The Morgan fingerprint density at radius 2 is 2.07 bits per heavy atom. The van der Waals surface area contributed by atoms with Gasteiger partial charge >= 0.3 is 0 Å². The maximum Gasteiger partial charge on any atom is 0.240 e. The fourth-order valence-corrected chi connectivity index (χ4v) is 1.78. The van der Waals surface area contributed by atoms with Crippen LogP contribution in [0.5, 0.6) is 0 Å². The van der Waals surface area contributed by atoms with E-state index in [1.165, 1.54) is 0 Å². The van der Waals surface area contributed by atoms with Gasteiger partial charge in [-0.3, -0.25) is 4.79 Å². The molecule has 1 aliphatic rings. The van der Waals surface area contributed by atoms with Crippen molar-refractivity contribution in [2.75, 3.05) is 13.1 Å². The Labute approximate surface area is 92.0 Å². The third-order valence-corrected chi connectivity index (χ3v) is 2.97. The van der Waals surface area contributed by atoms with Crippen LogP contribution < -0.4 is 11.5 Å². The summed E-state index contributed by atoms with van der Waals surface area (Å²) in [6, 6.07) is -0.308. The molecule has 0 bridgehead atoms. The molecule has 1 amide bonds. The first kappa shape index (κ1) is 12.5. The average Bonchev–Trinajstić information content (AvgIpc) is 2.14. The van der Waals surface area contributed by atoms with Crippen LogP contribution in [0.3, 0.4) is 0 Å². The number of likely N-dealkylation sites (tertiary alicyclic amines) is 1. The maximum atomic E-state index is 12.0. The number of nitrogens with zero attached hydrogens (tertiary/aromatic N) is 1. The van der Waals surface area contributed by atoms with Crippen molar-refractivity contribution in [1.29, 1.82) is 0 Å². The number of rotatable bonds is 1. The monoisotopic (exact) mass is 213 g/mol. The molecule has 88 valence electrons. The third kappa shape index (κ3) is 3.18. The second-order valence-corrected chi connectivity index (χ2v) is 5.53. The molecule has 0 aromatic carbocycles. The molecule has 0 radical (unpaired) electrons. The van der Waals surface area contributed by atoms with E-state index in [-0.39, 0.29) is 17.4 Å². The summed E-state index contributed by atoms with van der Waals surface area (Å²) in [6.45, 7) is 7.41. The maximum absolute atomic E-state index is 12.0. The molecule has 0 saturated carbocycles. The molecule has 0 spiro atoms. The lowest BCUT2D eigenvalue weighted by Crippen LogP contribution is -2.54. The fraction of sp³-hybridized carbons (Fsp3) is 0.909. The van der Waals surface area contributed by atoms with Crippen molar-refractivity contribution in [1.82, 2.24) is 4.90 Å². The molecule has 0 aromatic heterocycles. The van der Waals surface area contributed by atoms with Crippen LogP contribution >= 0.6 is 0 Å².